The summed E-state index contributed by atoms with van der Waals surface area (Å²) in [5.74, 6) is -1.80. The van der Waals surface area contributed by atoms with Gasteiger partial charge in [-0.15, -0.1) is 0 Å². The predicted octanol–water partition coefficient (Wildman–Crippen LogP) is 2.80. The van der Waals surface area contributed by atoms with Crippen molar-refractivity contribution in [2.45, 2.75) is 0 Å². The molecular formula is C18H15FN2O4. The Morgan fingerprint density at radius 2 is 1.84 bits per heavy atom. The third-order valence-electron chi connectivity index (χ3n) is 3.80. The van der Waals surface area contributed by atoms with E-state index in [1.807, 2.05) is 0 Å². The number of rotatable bonds is 3. The second-order valence-electron chi connectivity index (χ2n) is 5.15. The average Bonchev–Trinajstić information content (AvgIpc) is 3.02. The number of benzene rings is 1. The topological polar surface area (TPSA) is 71.6 Å². The second kappa shape index (κ2) is 6.64. The van der Waals surface area contributed by atoms with Crippen molar-refractivity contribution in [3.05, 3.63) is 65.9 Å². The Kier molecular flexibility index (Phi) is 4.38. The first kappa shape index (κ1) is 16.5. The second-order valence-corrected chi connectivity index (χ2v) is 5.15. The molecule has 7 heteroatoms. The van der Waals surface area contributed by atoms with E-state index in [0.717, 1.165) is 0 Å². The monoisotopic (exact) mass is 342 g/mol. The third kappa shape index (κ3) is 2.80. The Bertz CT molecular complexity index is 940. The fourth-order valence-corrected chi connectivity index (χ4v) is 2.66. The van der Waals surface area contributed by atoms with E-state index in [0.29, 0.717) is 16.6 Å². The van der Waals surface area contributed by atoms with Crippen LogP contribution in [0.15, 0.2) is 60.1 Å². The Labute approximate surface area is 142 Å². The highest BCUT2D eigenvalue weighted by atomic mass is 19.1. The van der Waals surface area contributed by atoms with Crippen molar-refractivity contribution in [2.75, 3.05) is 19.1 Å². The first-order valence-corrected chi connectivity index (χ1v) is 7.39. The van der Waals surface area contributed by atoms with Gasteiger partial charge in [0.2, 0.25) is 0 Å². The van der Waals surface area contributed by atoms with E-state index < -0.39 is 17.8 Å². The standard InChI is InChI=1S/C18H15FN2O4/c1-24-17(22)12-5-3-4-10-21(16(12)18(23)25-2)14-7-6-13(19)11-8-9-20-15(11)14/h3-10,20H,1-2H3. The van der Waals surface area contributed by atoms with Gasteiger partial charge in [-0.05, 0) is 30.4 Å². The maximum atomic E-state index is 14.0. The van der Waals surface area contributed by atoms with Crippen LogP contribution in [0.1, 0.15) is 0 Å². The van der Waals surface area contributed by atoms with E-state index in [2.05, 4.69) is 4.98 Å². The molecule has 128 valence electrons. The Morgan fingerprint density at radius 1 is 1.08 bits per heavy atom. The number of carbonyl (C=O) groups excluding carboxylic acids is 2. The largest absolute Gasteiger partial charge is 0.465 e. The molecule has 1 N–H and O–H groups in total. The molecule has 0 saturated heterocycles. The van der Waals surface area contributed by atoms with Gasteiger partial charge in [0.15, 0.2) is 0 Å². The van der Waals surface area contributed by atoms with Crippen LogP contribution in [0.2, 0.25) is 0 Å². The van der Waals surface area contributed by atoms with Gasteiger partial charge in [0.05, 0.1) is 31.0 Å². The summed E-state index contributed by atoms with van der Waals surface area (Å²) in [5.41, 5.74) is 0.977. The van der Waals surface area contributed by atoms with Crippen molar-refractivity contribution >= 4 is 28.5 Å². The summed E-state index contributed by atoms with van der Waals surface area (Å²) in [4.78, 5) is 29.0. The summed E-state index contributed by atoms with van der Waals surface area (Å²) in [6.45, 7) is 0. The minimum Gasteiger partial charge on any atom is -0.465 e. The summed E-state index contributed by atoms with van der Waals surface area (Å²) >= 11 is 0. The minimum absolute atomic E-state index is 0.0261. The van der Waals surface area contributed by atoms with E-state index in [-0.39, 0.29) is 11.3 Å². The number of halogens is 1. The van der Waals surface area contributed by atoms with Crippen molar-refractivity contribution in [1.29, 1.82) is 0 Å². The number of anilines is 1. The molecule has 1 aliphatic heterocycles. The first-order chi connectivity index (χ1) is 12.1. The van der Waals surface area contributed by atoms with Crippen molar-refractivity contribution < 1.29 is 23.5 Å². The third-order valence-corrected chi connectivity index (χ3v) is 3.80. The van der Waals surface area contributed by atoms with Crippen LogP contribution in [-0.2, 0) is 19.1 Å². The molecule has 6 nitrogen and oxygen atoms in total. The van der Waals surface area contributed by atoms with Gasteiger partial charge in [0.1, 0.15) is 11.5 Å². The zero-order valence-corrected chi connectivity index (χ0v) is 13.6. The van der Waals surface area contributed by atoms with Gasteiger partial charge < -0.3 is 19.4 Å². The van der Waals surface area contributed by atoms with Crippen molar-refractivity contribution in [1.82, 2.24) is 4.98 Å². The van der Waals surface area contributed by atoms with Crippen LogP contribution in [0.5, 0.6) is 0 Å². The maximum Gasteiger partial charge on any atom is 0.355 e. The summed E-state index contributed by atoms with van der Waals surface area (Å²) in [6, 6.07) is 4.41. The van der Waals surface area contributed by atoms with Crippen LogP contribution in [0.3, 0.4) is 0 Å². The average molecular weight is 342 g/mol. The van der Waals surface area contributed by atoms with Crippen LogP contribution in [0.4, 0.5) is 10.1 Å². The number of esters is 2. The van der Waals surface area contributed by atoms with Gasteiger partial charge in [-0.3, -0.25) is 0 Å². The highest BCUT2D eigenvalue weighted by Gasteiger charge is 2.28. The molecule has 1 aromatic carbocycles. The molecule has 2 heterocycles. The van der Waals surface area contributed by atoms with Gasteiger partial charge in [-0.2, -0.15) is 0 Å². The number of nitrogens with one attached hydrogen (secondary N) is 1. The molecule has 0 unspecified atom stereocenters. The molecule has 25 heavy (non-hydrogen) atoms. The summed E-state index contributed by atoms with van der Waals surface area (Å²) < 4.78 is 23.6. The molecule has 1 aliphatic rings. The lowest BCUT2D eigenvalue weighted by atomic mass is 10.1. The number of fused-ring (bicyclic) bond motifs is 1. The van der Waals surface area contributed by atoms with Crippen LogP contribution < -0.4 is 4.90 Å². The number of aromatic nitrogens is 1. The van der Waals surface area contributed by atoms with Crippen molar-refractivity contribution in [2.24, 2.45) is 0 Å². The number of ether oxygens (including phenoxy) is 2. The summed E-state index contributed by atoms with van der Waals surface area (Å²) in [5, 5.41) is 0.368. The molecule has 0 spiro atoms. The van der Waals surface area contributed by atoms with Gasteiger partial charge in [-0.1, -0.05) is 6.08 Å². The smallest absolute Gasteiger partial charge is 0.355 e. The van der Waals surface area contributed by atoms with Gasteiger partial charge >= 0.3 is 11.9 Å². The normalized spacial score (nSPS) is 14.0. The van der Waals surface area contributed by atoms with Crippen LogP contribution in [0, 0.1) is 5.82 Å². The fraction of sp³-hybridized carbons (Fsp3) is 0.111. The number of methoxy groups -OCH3 is 2. The van der Waals surface area contributed by atoms with E-state index in [1.54, 1.807) is 30.6 Å². The van der Waals surface area contributed by atoms with E-state index in [4.69, 9.17) is 9.47 Å². The highest BCUT2D eigenvalue weighted by Crippen LogP contribution is 2.32. The number of H-pyrrole nitrogens is 1. The lowest BCUT2D eigenvalue weighted by Crippen LogP contribution is -2.27. The highest BCUT2D eigenvalue weighted by molar-refractivity contribution is 6.07. The number of carbonyl (C=O) groups is 2. The Hall–Kier alpha value is -3.35. The number of nitrogens with zero attached hydrogens (tertiary/aromatic N) is 1. The molecule has 2 aromatic rings. The molecule has 1 aromatic heterocycles. The Morgan fingerprint density at radius 3 is 2.56 bits per heavy atom. The van der Waals surface area contributed by atoms with E-state index >= 15 is 0 Å². The van der Waals surface area contributed by atoms with Gasteiger partial charge in [-0.25, -0.2) is 14.0 Å². The first-order valence-electron chi connectivity index (χ1n) is 7.39. The van der Waals surface area contributed by atoms with Crippen molar-refractivity contribution in [3.8, 4) is 0 Å². The Balaban J connectivity index is 2.28. The van der Waals surface area contributed by atoms with E-state index in [1.165, 1.54) is 37.3 Å². The predicted molar refractivity (Wildman–Crippen MR) is 90.1 cm³/mol. The minimum atomic E-state index is -0.722. The zero-order valence-electron chi connectivity index (χ0n) is 13.6. The van der Waals surface area contributed by atoms with E-state index in [9.17, 15) is 14.0 Å². The molecule has 3 rings (SSSR count). The number of hydrogen-bond acceptors (Lipinski definition) is 5. The van der Waals surface area contributed by atoms with Gasteiger partial charge in [0, 0.05) is 17.8 Å². The maximum absolute atomic E-state index is 14.0. The molecule has 0 atom stereocenters. The van der Waals surface area contributed by atoms with Crippen LogP contribution in [0.25, 0.3) is 10.9 Å². The lowest BCUT2D eigenvalue weighted by Gasteiger charge is -2.23. The molecule has 0 aliphatic carbocycles. The molecule has 0 bridgehead atoms. The lowest BCUT2D eigenvalue weighted by molar-refractivity contribution is -0.139. The quantitative estimate of drug-likeness (QED) is 0.869. The molecular weight excluding hydrogens is 327 g/mol. The van der Waals surface area contributed by atoms with Crippen LogP contribution >= 0.6 is 0 Å². The molecule has 0 saturated carbocycles. The fourth-order valence-electron chi connectivity index (χ4n) is 2.66. The van der Waals surface area contributed by atoms with Crippen molar-refractivity contribution in [3.63, 3.8) is 0 Å². The van der Waals surface area contributed by atoms with Gasteiger partial charge in [0.25, 0.3) is 0 Å². The number of hydrogen-bond donors (Lipinski definition) is 1. The van der Waals surface area contributed by atoms with Crippen LogP contribution in [-0.4, -0.2) is 31.1 Å². The molecule has 0 fully saturated rings. The summed E-state index contributed by atoms with van der Waals surface area (Å²) in [7, 11) is 2.44. The molecule has 0 amide bonds. The number of allylic oxidation sites excluding steroid dienone is 2. The zero-order chi connectivity index (χ0) is 18.0. The number of aromatic amines is 1. The SMILES string of the molecule is COC(=O)C1=C(C(=O)OC)N(c2ccc(F)c3cc[nH]c23)C=CC=C1. The summed E-state index contributed by atoms with van der Waals surface area (Å²) in [6.07, 6.45) is 7.90. The molecule has 0 radical (unpaired) electrons.